The lowest BCUT2D eigenvalue weighted by molar-refractivity contribution is 0.669. The van der Waals surface area contributed by atoms with Crippen molar-refractivity contribution >= 4 is 65.4 Å². The molecule has 0 unspecified atom stereocenters. The van der Waals surface area contributed by atoms with E-state index in [0.717, 1.165) is 82.5 Å². The van der Waals surface area contributed by atoms with Gasteiger partial charge in [-0.3, -0.25) is 0 Å². The van der Waals surface area contributed by atoms with Crippen LogP contribution in [0.5, 0.6) is 0 Å². The second-order valence-corrected chi connectivity index (χ2v) is 13.2. The summed E-state index contributed by atoms with van der Waals surface area (Å²) in [6.45, 7) is 0. The minimum absolute atomic E-state index is 0.594. The Kier molecular flexibility index (Phi) is 6.18. The van der Waals surface area contributed by atoms with Gasteiger partial charge in [-0.25, -0.2) is 15.0 Å². The first-order valence-corrected chi connectivity index (χ1v) is 17.3. The van der Waals surface area contributed by atoms with Gasteiger partial charge in [0.15, 0.2) is 17.5 Å². The maximum atomic E-state index is 6.56. The van der Waals surface area contributed by atoms with Gasteiger partial charge in [0.1, 0.15) is 22.3 Å². The van der Waals surface area contributed by atoms with Crippen LogP contribution in [-0.4, -0.2) is 15.0 Å². The smallest absolute Gasteiger partial charge is 0.164 e. The quantitative estimate of drug-likeness (QED) is 0.187. The molecule has 5 nitrogen and oxygen atoms in total. The number of para-hydroxylation sites is 1. The third-order valence-electron chi connectivity index (χ3n) is 10.1. The van der Waals surface area contributed by atoms with Crippen molar-refractivity contribution in [2.24, 2.45) is 0 Å². The molecule has 11 aromatic rings. The molecule has 0 bridgehead atoms. The van der Waals surface area contributed by atoms with Crippen LogP contribution >= 0.6 is 0 Å². The Morgan fingerprint density at radius 3 is 1.62 bits per heavy atom. The second kappa shape index (κ2) is 11.2. The number of rotatable bonds is 4. The monoisotopic (exact) mass is 665 g/mol. The summed E-state index contributed by atoms with van der Waals surface area (Å²) in [4.78, 5) is 15.4. The molecule has 0 amide bonds. The summed E-state index contributed by atoms with van der Waals surface area (Å²) in [5, 5.41) is 8.78. The van der Waals surface area contributed by atoms with Crippen molar-refractivity contribution in [1.29, 1.82) is 0 Å². The zero-order valence-corrected chi connectivity index (χ0v) is 27.7. The first kappa shape index (κ1) is 28.7. The summed E-state index contributed by atoms with van der Waals surface area (Å²) >= 11 is 0. The molecule has 242 valence electrons. The fraction of sp³-hybridized carbons (Fsp3) is 0. The van der Waals surface area contributed by atoms with E-state index in [1.165, 1.54) is 10.8 Å². The standard InChI is InChI=1S/C47H27N3O2/c1-3-10-30-24-34(18-16-28(30)8-1)45-48-46(35-19-17-29-9-2-4-11-31(29)25-35)50-47(49-45)38-13-7-15-42-44(38)37-22-20-33(27-43(37)52-42)32-21-23-41-39(26-32)36-12-5-6-14-40(36)51-41/h1-27H. The molecule has 8 aromatic carbocycles. The molecule has 0 N–H and O–H groups in total. The third kappa shape index (κ3) is 4.60. The van der Waals surface area contributed by atoms with Gasteiger partial charge in [0.25, 0.3) is 0 Å². The molecular formula is C47H27N3O2. The van der Waals surface area contributed by atoms with E-state index in [1.807, 2.05) is 36.4 Å². The Morgan fingerprint density at radius 1 is 0.308 bits per heavy atom. The van der Waals surface area contributed by atoms with Gasteiger partial charge in [0.2, 0.25) is 0 Å². The molecule has 52 heavy (non-hydrogen) atoms. The van der Waals surface area contributed by atoms with Crippen molar-refractivity contribution in [3.8, 4) is 45.3 Å². The van der Waals surface area contributed by atoms with Gasteiger partial charge in [0.05, 0.1) is 0 Å². The van der Waals surface area contributed by atoms with E-state index in [1.54, 1.807) is 0 Å². The van der Waals surface area contributed by atoms with Gasteiger partial charge in [-0.05, 0) is 81.2 Å². The van der Waals surface area contributed by atoms with Crippen molar-refractivity contribution in [2.45, 2.75) is 0 Å². The molecule has 0 radical (unpaired) electrons. The van der Waals surface area contributed by atoms with Gasteiger partial charge in [-0.1, -0.05) is 115 Å². The van der Waals surface area contributed by atoms with Crippen LogP contribution in [0.2, 0.25) is 0 Å². The number of hydrogen-bond donors (Lipinski definition) is 0. The van der Waals surface area contributed by atoms with Gasteiger partial charge < -0.3 is 8.83 Å². The molecule has 11 rings (SSSR count). The highest BCUT2D eigenvalue weighted by atomic mass is 16.3. The van der Waals surface area contributed by atoms with Gasteiger partial charge in [-0.2, -0.15) is 0 Å². The third-order valence-corrected chi connectivity index (χ3v) is 10.1. The summed E-state index contributed by atoms with van der Waals surface area (Å²) in [5.41, 5.74) is 8.26. The predicted molar refractivity (Wildman–Crippen MR) is 211 cm³/mol. The summed E-state index contributed by atoms with van der Waals surface area (Å²) in [6.07, 6.45) is 0. The van der Waals surface area contributed by atoms with Crippen molar-refractivity contribution < 1.29 is 8.83 Å². The van der Waals surface area contributed by atoms with Crippen LogP contribution in [0.15, 0.2) is 173 Å². The van der Waals surface area contributed by atoms with Gasteiger partial charge in [-0.15, -0.1) is 0 Å². The van der Waals surface area contributed by atoms with Gasteiger partial charge >= 0.3 is 0 Å². The van der Waals surface area contributed by atoms with E-state index in [0.29, 0.717) is 17.5 Å². The number of hydrogen-bond acceptors (Lipinski definition) is 5. The Morgan fingerprint density at radius 2 is 0.865 bits per heavy atom. The number of nitrogens with zero attached hydrogens (tertiary/aromatic N) is 3. The average Bonchev–Trinajstić information content (AvgIpc) is 3.78. The molecule has 3 aromatic heterocycles. The first-order chi connectivity index (χ1) is 25.7. The lowest BCUT2D eigenvalue weighted by Crippen LogP contribution is -2.00. The highest BCUT2D eigenvalue weighted by Gasteiger charge is 2.19. The van der Waals surface area contributed by atoms with Crippen molar-refractivity contribution in [3.63, 3.8) is 0 Å². The van der Waals surface area contributed by atoms with E-state index >= 15 is 0 Å². The van der Waals surface area contributed by atoms with E-state index in [2.05, 4.69) is 127 Å². The Bertz CT molecular complexity index is 3110. The molecule has 0 atom stereocenters. The highest BCUT2D eigenvalue weighted by Crippen LogP contribution is 2.39. The van der Waals surface area contributed by atoms with Crippen molar-refractivity contribution in [3.05, 3.63) is 164 Å². The fourth-order valence-corrected chi connectivity index (χ4v) is 7.51. The Hall–Kier alpha value is -7.11. The lowest BCUT2D eigenvalue weighted by atomic mass is 10.00. The molecule has 0 aliphatic heterocycles. The summed E-state index contributed by atoms with van der Waals surface area (Å²) in [5.74, 6) is 1.83. The maximum Gasteiger partial charge on any atom is 0.164 e. The average molecular weight is 666 g/mol. The molecule has 0 fully saturated rings. The summed E-state index contributed by atoms with van der Waals surface area (Å²) in [7, 11) is 0. The minimum atomic E-state index is 0.594. The maximum absolute atomic E-state index is 6.56. The zero-order chi connectivity index (χ0) is 34.2. The molecule has 0 saturated heterocycles. The number of furan rings is 2. The molecule has 0 aliphatic rings. The number of fused-ring (bicyclic) bond motifs is 8. The van der Waals surface area contributed by atoms with Crippen LogP contribution in [0, 0.1) is 0 Å². The fourth-order valence-electron chi connectivity index (χ4n) is 7.51. The van der Waals surface area contributed by atoms with Crippen LogP contribution in [0.1, 0.15) is 0 Å². The second-order valence-electron chi connectivity index (χ2n) is 13.2. The van der Waals surface area contributed by atoms with Crippen molar-refractivity contribution in [2.75, 3.05) is 0 Å². The van der Waals surface area contributed by atoms with Crippen LogP contribution in [0.4, 0.5) is 0 Å². The van der Waals surface area contributed by atoms with E-state index in [-0.39, 0.29) is 0 Å². The first-order valence-electron chi connectivity index (χ1n) is 17.3. The Balaban J connectivity index is 1.09. The molecule has 0 spiro atoms. The van der Waals surface area contributed by atoms with Crippen LogP contribution in [0.25, 0.3) is 111 Å². The molecule has 0 aliphatic carbocycles. The number of benzene rings is 8. The normalized spacial score (nSPS) is 11.8. The SMILES string of the molecule is c1ccc2cc(-c3nc(-c4ccc5ccccc5c4)nc(-c4cccc5oc6cc(-c7ccc8oc9ccccc9c8c7)ccc6c45)n3)ccc2c1. The van der Waals surface area contributed by atoms with Crippen LogP contribution in [-0.2, 0) is 0 Å². The molecule has 0 saturated carbocycles. The van der Waals surface area contributed by atoms with E-state index in [4.69, 9.17) is 23.8 Å². The van der Waals surface area contributed by atoms with E-state index < -0.39 is 0 Å². The van der Waals surface area contributed by atoms with Gasteiger partial charge in [0, 0.05) is 38.2 Å². The highest BCUT2D eigenvalue weighted by molar-refractivity contribution is 6.13. The molecular weight excluding hydrogens is 639 g/mol. The molecule has 5 heteroatoms. The van der Waals surface area contributed by atoms with Crippen LogP contribution in [0.3, 0.4) is 0 Å². The summed E-state index contributed by atoms with van der Waals surface area (Å²) in [6, 6.07) is 56.4. The van der Waals surface area contributed by atoms with E-state index in [9.17, 15) is 0 Å². The largest absolute Gasteiger partial charge is 0.456 e. The molecule has 3 heterocycles. The minimum Gasteiger partial charge on any atom is -0.456 e. The van der Waals surface area contributed by atoms with Crippen LogP contribution < -0.4 is 0 Å². The Labute approximate surface area is 297 Å². The topological polar surface area (TPSA) is 65.0 Å². The predicted octanol–water partition coefficient (Wildman–Crippen LogP) is 12.6. The zero-order valence-electron chi connectivity index (χ0n) is 27.7. The number of aromatic nitrogens is 3. The summed E-state index contributed by atoms with van der Waals surface area (Å²) < 4.78 is 12.6. The lowest BCUT2D eigenvalue weighted by Gasteiger charge is -2.10. The van der Waals surface area contributed by atoms with Crippen molar-refractivity contribution in [1.82, 2.24) is 15.0 Å².